The van der Waals surface area contributed by atoms with Crippen LogP contribution in [0.5, 0.6) is 0 Å². The number of ether oxygens (including phenoxy) is 8. The van der Waals surface area contributed by atoms with E-state index in [0.29, 0.717) is 85.9 Å². The minimum atomic E-state index is -0.503. The van der Waals surface area contributed by atoms with Crippen LogP contribution in [0.15, 0.2) is 0 Å². The zero-order chi connectivity index (χ0) is 22.3. The summed E-state index contributed by atoms with van der Waals surface area (Å²) in [5.74, 6) is -0.384. The van der Waals surface area contributed by atoms with Gasteiger partial charge in [-0.1, -0.05) is 0 Å². The van der Waals surface area contributed by atoms with Crippen molar-refractivity contribution in [3.05, 3.63) is 0 Å². The fraction of sp³-hybridized carbons (Fsp3) is 0.950. The molecular weight excluding hydrogens is 400 g/mol. The standard InChI is InChI=1S/C20H40O10/c1-20(2,3)30-19(22)18-29-17-16-28-15-14-27-13-12-26-11-10-25-9-8-24-7-6-23-5-4-21/h21H,4-18H2,1-3H3. The summed E-state index contributed by atoms with van der Waals surface area (Å²) < 4.78 is 42.1. The monoisotopic (exact) mass is 440 g/mol. The molecule has 0 saturated carbocycles. The highest BCUT2D eigenvalue weighted by atomic mass is 16.6. The Bertz CT molecular complexity index is 373. The van der Waals surface area contributed by atoms with Crippen molar-refractivity contribution in [1.29, 1.82) is 0 Å². The van der Waals surface area contributed by atoms with Crippen molar-refractivity contribution in [1.82, 2.24) is 0 Å². The summed E-state index contributed by atoms with van der Waals surface area (Å²) in [5.41, 5.74) is -0.503. The fourth-order valence-electron chi connectivity index (χ4n) is 1.91. The molecule has 180 valence electrons. The highest BCUT2D eigenvalue weighted by Crippen LogP contribution is 2.06. The zero-order valence-corrected chi connectivity index (χ0v) is 18.7. The minimum absolute atomic E-state index is 0.0239. The van der Waals surface area contributed by atoms with E-state index in [-0.39, 0.29) is 19.2 Å². The third-order valence-corrected chi connectivity index (χ3v) is 3.11. The van der Waals surface area contributed by atoms with Gasteiger partial charge in [-0.2, -0.15) is 0 Å². The van der Waals surface area contributed by atoms with Crippen molar-refractivity contribution in [3.8, 4) is 0 Å². The van der Waals surface area contributed by atoms with E-state index in [4.69, 9.17) is 43.0 Å². The first-order valence-corrected chi connectivity index (χ1v) is 10.3. The highest BCUT2D eigenvalue weighted by molar-refractivity contribution is 5.71. The minimum Gasteiger partial charge on any atom is -0.458 e. The quantitative estimate of drug-likeness (QED) is 0.188. The molecule has 0 saturated heterocycles. The van der Waals surface area contributed by atoms with Crippen molar-refractivity contribution in [3.63, 3.8) is 0 Å². The maximum Gasteiger partial charge on any atom is 0.332 e. The average molecular weight is 441 g/mol. The van der Waals surface area contributed by atoms with Crippen LogP contribution < -0.4 is 0 Å². The SMILES string of the molecule is CC(C)(C)OC(=O)COCCOCCOCCOCCOCCOCCOCCO. The molecule has 0 aliphatic carbocycles. The van der Waals surface area contributed by atoms with Crippen LogP contribution in [-0.4, -0.2) is 116 Å². The van der Waals surface area contributed by atoms with Crippen LogP contribution in [0.25, 0.3) is 0 Å². The third-order valence-electron chi connectivity index (χ3n) is 3.11. The summed E-state index contributed by atoms with van der Waals surface area (Å²) >= 11 is 0. The summed E-state index contributed by atoms with van der Waals surface area (Å²) in [6.07, 6.45) is 0. The van der Waals surface area contributed by atoms with Crippen molar-refractivity contribution < 1.29 is 47.8 Å². The van der Waals surface area contributed by atoms with E-state index in [1.807, 2.05) is 20.8 Å². The number of aliphatic hydroxyl groups is 1. The molecule has 0 aromatic rings. The Morgan fingerprint density at radius 2 is 0.867 bits per heavy atom. The molecule has 0 rings (SSSR count). The van der Waals surface area contributed by atoms with Crippen molar-refractivity contribution in [2.45, 2.75) is 26.4 Å². The Balaban J connectivity index is 3.11. The highest BCUT2D eigenvalue weighted by Gasteiger charge is 2.15. The van der Waals surface area contributed by atoms with Gasteiger partial charge < -0.3 is 43.0 Å². The molecule has 30 heavy (non-hydrogen) atoms. The molecule has 0 heterocycles. The first-order chi connectivity index (χ1) is 14.5. The number of hydrogen-bond donors (Lipinski definition) is 1. The maximum absolute atomic E-state index is 11.4. The van der Waals surface area contributed by atoms with Gasteiger partial charge in [0.15, 0.2) is 0 Å². The second-order valence-corrected chi connectivity index (χ2v) is 7.04. The predicted molar refractivity (Wildman–Crippen MR) is 109 cm³/mol. The molecule has 0 radical (unpaired) electrons. The lowest BCUT2D eigenvalue weighted by atomic mass is 10.2. The van der Waals surface area contributed by atoms with E-state index < -0.39 is 5.60 Å². The second-order valence-electron chi connectivity index (χ2n) is 7.04. The van der Waals surface area contributed by atoms with Gasteiger partial charge in [-0.3, -0.25) is 0 Å². The van der Waals surface area contributed by atoms with Crippen LogP contribution in [0, 0.1) is 0 Å². The number of carbonyl (C=O) groups is 1. The van der Waals surface area contributed by atoms with E-state index in [0.717, 1.165) is 0 Å². The van der Waals surface area contributed by atoms with Crippen molar-refractivity contribution in [2.24, 2.45) is 0 Å². The Morgan fingerprint density at radius 1 is 0.567 bits per heavy atom. The molecule has 0 aromatic carbocycles. The Hall–Kier alpha value is -0.850. The van der Waals surface area contributed by atoms with Gasteiger partial charge in [0.1, 0.15) is 12.2 Å². The summed E-state index contributed by atoms with van der Waals surface area (Å²) in [5, 5.41) is 8.53. The molecular formula is C20H40O10. The van der Waals surface area contributed by atoms with Crippen LogP contribution in [0.2, 0.25) is 0 Å². The van der Waals surface area contributed by atoms with Gasteiger partial charge in [-0.05, 0) is 20.8 Å². The van der Waals surface area contributed by atoms with Crippen LogP contribution in [-0.2, 0) is 42.7 Å². The number of aliphatic hydroxyl groups excluding tert-OH is 1. The molecule has 10 heteroatoms. The van der Waals surface area contributed by atoms with Crippen LogP contribution in [0.1, 0.15) is 20.8 Å². The number of carbonyl (C=O) groups excluding carboxylic acids is 1. The molecule has 0 fully saturated rings. The Labute approximate surface area is 180 Å². The molecule has 0 aliphatic rings. The summed E-state index contributed by atoms with van der Waals surface area (Å²) in [6.45, 7) is 11.2. The predicted octanol–water partition coefficient (Wildman–Crippen LogP) is 0.437. The first kappa shape index (κ1) is 29.1. The van der Waals surface area contributed by atoms with Crippen LogP contribution in [0.4, 0.5) is 0 Å². The topological polar surface area (TPSA) is 111 Å². The largest absolute Gasteiger partial charge is 0.458 e. The molecule has 0 aromatic heterocycles. The number of rotatable bonds is 22. The van der Waals surface area contributed by atoms with Gasteiger partial charge in [0.05, 0.1) is 92.5 Å². The van der Waals surface area contributed by atoms with Crippen molar-refractivity contribution >= 4 is 5.97 Å². The van der Waals surface area contributed by atoms with E-state index in [1.165, 1.54) is 0 Å². The Kier molecular flexibility index (Phi) is 20.8. The number of esters is 1. The van der Waals surface area contributed by atoms with Gasteiger partial charge in [0, 0.05) is 0 Å². The molecule has 0 unspecified atom stereocenters. The van der Waals surface area contributed by atoms with Crippen molar-refractivity contribution in [2.75, 3.05) is 99.1 Å². The third kappa shape index (κ3) is 25.2. The normalized spacial score (nSPS) is 11.7. The average Bonchev–Trinajstić information content (AvgIpc) is 2.68. The molecule has 0 aliphatic heterocycles. The molecule has 0 atom stereocenters. The first-order valence-electron chi connectivity index (χ1n) is 10.3. The maximum atomic E-state index is 11.4. The molecule has 0 spiro atoms. The molecule has 0 bridgehead atoms. The molecule has 0 amide bonds. The van der Waals surface area contributed by atoms with Crippen LogP contribution in [0.3, 0.4) is 0 Å². The van der Waals surface area contributed by atoms with E-state index in [9.17, 15) is 4.79 Å². The summed E-state index contributed by atoms with van der Waals surface area (Å²) in [4.78, 5) is 11.4. The van der Waals surface area contributed by atoms with E-state index >= 15 is 0 Å². The molecule has 1 N–H and O–H groups in total. The van der Waals surface area contributed by atoms with Gasteiger partial charge in [-0.25, -0.2) is 4.79 Å². The zero-order valence-electron chi connectivity index (χ0n) is 18.7. The summed E-state index contributed by atoms with van der Waals surface area (Å²) in [7, 11) is 0. The van der Waals surface area contributed by atoms with Gasteiger partial charge in [0.25, 0.3) is 0 Å². The van der Waals surface area contributed by atoms with Gasteiger partial charge in [-0.15, -0.1) is 0 Å². The van der Waals surface area contributed by atoms with Gasteiger partial charge >= 0.3 is 5.97 Å². The van der Waals surface area contributed by atoms with Gasteiger partial charge in [0.2, 0.25) is 0 Å². The van der Waals surface area contributed by atoms with E-state index in [1.54, 1.807) is 0 Å². The number of hydrogen-bond acceptors (Lipinski definition) is 10. The molecule has 10 nitrogen and oxygen atoms in total. The van der Waals surface area contributed by atoms with E-state index in [2.05, 4.69) is 0 Å². The smallest absolute Gasteiger partial charge is 0.332 e. The fourth-order valence-corrected chi connectivity index (χ4v) is 1.91. The lowest BCUT2D eigenvalue weighted by Gasteiger charge is -2.19. The summed E-state index contributed by atoms with van der Waals surface area (Å²) in [6, 6.07) is 0. The lowest BCUT2D eigenvalue weighted by Crippen LogP contribution is -2.27. The Morgan fingerprint density at radius 3 is 1.17 bits per heavy atom. The van der Waals surface area contributed by atoms with Crippen LogP contribution >= 0.6 is 0 Å². The second kappa shape index (κ2) is 21.4. The lowest BCUT2D eigenvalue weighted by molar-refractivity contribution is -0.160.